The number of hydrogen-bond acceptors (Lipinski definition) is 4. The number of nitrogens with zero attached hydrogens (tertiary/aromatic N) is 1. The standard InChI is InChI=1S/C15H16ClN3OS/c16-13-7-9(17)6-12(15(18)20)14(13)19(10-3-4-10)8-11-2-1-5-21-11/h1-2,5-7,10H,3-4,8,17H2,(H2,18,20). The zero-order valence-electron chi connectivity index (χ0n) is 11.4. The predicted molar refractivity (Wildman–Crippen MR) is 87.9 cm³/mol. The lowest BCUT2D eigenvalue weighted by Crippen LogP contribution is -2.28. The highest BCUT2D eigenvalue weighted by molar-refractivity contribution is 7.09. The Kier molecular flexibility index (Phi) is 3.78. The van der Waals surface area contributed by atoms with E-state index in [0.29, 0.717) is 28.0 Å². The maximum Gasteiger partial charge on any atom is 0.250 e. The smallest absolute Gasteiger partial charge is 0.250 e. The summed E-state index contributed by atoms with van der Waals surface area (Å²) in [4.78, 5) is 15.2. The molecule has 2 aromatic rings. The molecule has 0 aliphatic heterocycles. The van der Waals surface area contributed by atoms with Gasteiger partial charge in [0, 0.05) is 16.6 Å². The number of rotatable bonds is 5. The molecule has 0 saturated heterocycles. The summed E-state index contributed by atoms with van der Waals surface area (Å²) in [7, 11) is 0. The zero-order valence-corrected chi connectivity index (χ0v) is 13.0. The number of hydrogen-bond donors (Lipinski definition) is 2. The minimum atomic E-state index is -0.504. The molecule has 21 heavy (non-hydrogen) atoms. The van der Waals surface area contributed by atoms with Gasteiger partial charge in [0.25, 0.3) is 5.91 Å². The third-order valence-corrected chi connectivity index (χ3v) is 4.68. The van der Waals surface area contributed by atoms with Crippen LogP contribution in [0.25, 0.3) is 0 Å². The first-order chi connectivity index (χ1) is 10.1. The second-order valence-corrected chi connectivity index (χ2v) is 6.64. The van der Waals surface area contributed by atoms with Gasteiger partial charge < -0.3 is 16.4 Å². The Bertz CT molecular complexity index is 668. The molecule has 1 aliphatic rings. The Morgan fingerprint density at radius 1 is 1.43 bits per heavy atom. The van der Waals surface area contributed by atoms with E-state index < -0.39 is 5.91 Å². The van der Waals surface area contributed by atoms with Gasteiger partial charge in [-0.2, -0.15) is 0 Å². The van der Waals surface area contributed by atoms with Crippen LogP contribution in [0, 0.1) is 0 Å². The Hall–Kier alpha value is -1.72. The monoisotopic (exact) mass is 321 g/mol. The number of carbonyl (C=O) groups is 1. The van der Waals surface area contributed by atoms with Crippen LogP contribution in [-0.2, 0) is 6.54 Å². The quantitative estimate of drug-likeness (QED) is 0.830. The largest absolute Gasteiger partial charge is 0.399 e. The Balaban J connectivity index is 2.04. The van der Waals surface area contributed by atoms with Crippen molar-refractivity contribution < 1.29 is 4.79 Å². The van der Waals surface area contributed by atoms with Gasteiger partial charge in [-0.3, -0.25) is 4.79 Å². The summed E-state index contributed by atoms with van der Waals surface area (Å²) in [5.41, 5.74) is 12.8. The minimum absolute atomic E-state index is 0.392. The van der Waals surface area contributed by atoms with E-state index >= 15 is 0 Å². The van der Waals surface area contributed by atoms with Gasteiger partial charge in [-0.1, -0.05) is 17.7 Å². The lowest BCUT2D eigenvalue weighted by atomic mass is 10.1. The summed E-state index contributed by atoms with van der Waals surface area (Å²) in [5.74, 6) is -0.504. The normalized spacial score (nSPS) is 14.1. The van der Waals surface area contributed by atoms with Crippen LogP contribution >= 0.6 is 22.9 Å². The minimum Gasteiger partial charge on any atom is -0.399 e. The average molecular weight is 322 g/mol. The molecule has 110 valence electrons. The summed E-state index contributed by atoms with van der Waals surface area (Å²) in [6, 6.07) is 7.78. The molecule has 1 saturated carbocycles. The summed E-state index contributed by atoms with van der Waals surface area (Å²) in [5, 5.41) is 2.52. The Labute approximate surface area is 132 Å². The highest BCUT2D eigenvalue weighted by Crippen LogP contribution is 2.40. The highest BCUT2D eigenvalue weighted by atomic mass is 35.5. The van der Waals surface area contributed by atoms with Gasteiger partial charge in [0.05, 0.1) is 22.8 Å². The van der Waals surface area contributed by atoms with Crippen molar-refractivity contribution in [1.82, 2.24) is 0 Å². The van der Waals surface area contributed by atoms with Crippen molar-refractivity contribution in [3.63, 3.8) is 0 Å². The molecule has 3 rings (SSSR count). The molecule has 0 unspecified atom stereocenters. The van der Waals surface area contributed by atoms with Crippen LogP contribution in [-0.4, -0.2) is 11.9 Å². The van der Waals surface area contributed by atoms with Crippen LogP contribution in [0.4, 0.5) is 11.4 Å². The fourth-order valence-corrected chi connectivity index (χ4v) is 3.49. The number of nitrogens with two attached hydrogens (primary N) is 2. The summed E-state index contributed by atoms with van der Waals surface area (Å²) in [6.45, 7) is 0.728. The van der Waals surface area contributed by atoms with Crippen LogP contribution in [0.1, 0.15) is 28.1 Å². The van der Waals surface area contributed by atoms with Crippen molar-refractivity contribution in [2.24, 2.45) is 5.73 Å². The molecule has 0 radical (unpaired) electrons. The fourth-order valence-electron chi connectivity index (χ4n) is 2.45. The van der Waals surface area contributed by atoms with E-state index in [1.54, 1.807) is 23.5 Å². The van der Waals surface area contributed by atoms with Gasteiger partial charge >= 0.3 is 0 Å². The first-order valence-electron chi connectivity index (χ1n) is 6.74. The number of nitrogen functional groups attached to an aromatic ring is 1. The molecule has 0 spiro atoms. The van der Waals surface area contributed by atoms with E-state index in [9.17, 15) is 4.79 Å². The van der Waals surface area contributed by atoms with Crippen molar-refractivity contribution in [2.45, 2.75) is 25.4 Å². The van der Waals surface area contributed by atoms with Gasteiger partial charge in [0.1, 0.15) is 0 Å². The molecule has 6 heteroatoms. The van der Waals surface area contributed by atoms with E-state index in [4.69, 9.17) is 23.1 Å². The van der Waals surface area contributed by atoms with Crippen LogP contribution in [0.2, 0.25) is 5.02 Å². The van der Waals surface area contributed by atoms with Crippen molar-refractivity contribution in [2.75, 3.05) is 10.6 Å². The van der Waals surface area contributed by atoms with Gasteiger partial charge in [-0.15, -0.1) is 11.3 Å². The molecular weight excluding hydrogens is 306 g/mol. The van der Waals surface area contributed by atoms with Gasteiger partial charge in [0.2, 0.25) is 0 Å². The number of amides is 1. The van der Waals surface area contributed by atoms with Crippen molar-refractivity contribution in [1.29, 1.82) is 0 Å². The second-order valence-electron chi connectivity index (χ2n) is 5.20. The molecule has 1 heterocycles. The Morgan fingerprint density at radius 2 is 2.19 bits per heavy atom. The van der Waals surface area contributed by atoms with E-state index in [1.165, 1.54) is 4.88 Å². The molecular formula is C15H16ClN3OS. The fraction of sp³-hybridized carbons (Fsp3) is 0.267. The molecule has 0 bridgehead atoms. The number of halogens is 1. The second kappa shape index (κ2) is 5.58. The molecule has 1 fully saturated rings. The van der Waals surface area contributed by atoms with Gasteiger partial charge in [-0.05, 0) is 36.4 Å². The number of anilines is 2. The van der Waals surface area contributed by atoms with Crippen LogP contribution in [0.15, 0.2) is 29.6 Å². The summed E-state index contributed by atoms with van der Waals surface area (Å²) in [6.07, 6.45) is 2.20. The van der Waals surface area contributed by atoms with E-state index in [1.807, 2.05) is 11.4 Å². The average Bonchev–Trinajstić information content (AvgIpc) is 3.13. The van der Waals surface area contributed by atoms with E-state index in [0.717, 1.165) is 19.4 Å². The molecule has 0 atom stereocenters. The molecule has 1 aliphatic carbocycles. The Morgan fingerprint density at radius 3 is 2.76 bits per heavy atom. The number of carbonyl (C=O) groups excluding carboxylic acids is 1. The highest BCUT2D eigenvalue weighted by Gasteiger charge is 2.33. The van der Waals surface area contributed by atoms with Crippen molar-refractivity contribution >= 4 is 40.2 Å². The molecule has 1 aromatic carbocycles. The van der Waals surface area contributed by atoms with E-state index in [2.05, 4.69) is 11.0 Å². The summed E-state index contributed by atoms with van der Waals surface area (Å²) >= 11 is 8.05. The number of primary amides is 1. The topological polar surface area (TPSA) is 72.3 Å². The summed E-state index contributed by atoms with van der Waals surface area (Å²) < 4.78 is 0. The first-order valence-corrected chi connectivity index (χ1v) is 8.00. The third kappa shape index (κ3) is 2.99. The number of thiophene rings is 1. The third-order valence-electron chi connectivity index (χ3n) is 3.53. The number of benzene rings is 1. The SMILES string of the molecule is NC(=O)c1cc(N)cc(Cl)c1N(Cc1cccs1)C1CC1. The zero-order chi connectivity index (χ0) is 15.0. The van der Waals surface area contributed by atoms with Crippen LogP contribution in [0.5, 0.6) is 0 Å². The molecule has 4 nitrogen and oxygen atoms in total. The first kappa shape index (κ1) is 14.2. The maximum absolute atomic E-state index is 11.8. The van der Waals surface area contributed by atoms with E-state index in [-0.39, 0.29) is 0 Å². The van der Waals surface area contributed by atoms with Crippen molar-refractivity contribution in [3.05, 3.63) is 45.1 Å². The van der Waals surface area contributed by atoms with Crippen molar-refractivity contribution in [3.8, 4) is 0 Å². The molecule has 1 aromatic heterocycles. The van der Waals surface area contributed by atoms with Gasteiger partial charge in [-0.25, -0.2) is 0 Å². The van der Waals surface area contributed by atoms with Gasteiger partial charge in [0.15, 0.2) is 0 Å². The molecule has 1 amide bonds. The lowest BCUT2D eigenvalue weighted by molar-refractivity contribution is 0.100. The maximum atomic E-state index is 11.8. The van der Waals surface area contributed by atoms with Crippen LogP contribution in [0.3, 0.4) is 0 Å². The van der Waals surface area contributed by atoms with Crippen LogP contribution < -0.4 is 16.4 Å². The molecule has 4 N–H and O–H groups in total. The lowest BCUT2D eigenvalue weighted by Gasteiger charge is -2.27. The predicted octanol–water partition coefficient (Wildman–Crippen LogP) is 3.25.